The molecule has 0 amide bonds. The van der Waals surface area contributed by atoms with Gasteiger partial charge < -0.3 is 9.72 Å². The minimum Gasteiger partial charge on any atom is -0.423 e. The molecule has 2 aromatic rings. The summed E-state index contributed by atoms with van der Waals surface area (Å²) >= 11 is 3.17. The van der Waals surface area contributed by atoms with E-state index < -0.39 is 5.82 Å². The third-order valence-corrected chi connectivity index (χ3v) is 2.27. The number of hydrogen-bond acceptors (Lipinski definition) is 2. The fourth-order valence-corrected chi connectivity index (χ4v) is 1.44. The minimum atomic E-state index is -0.432. The predicted molar refractivity (Wildman–Crippen MR) is 57.5 cm³/mol. The fraction of sp³-hybridized carbons (Fsp3) is 0.100. The fourth-order valence-electron chi connectivity index (χ4n) is 1.10. The Hall–Kier alpha value is -1.36. The average Bonchev–Trinajstić information content (AvgIpc) is 2.56. The summed E-state index contributed by atoms with van der Waals surface area (Å²) in [6.45, 7) is 1.85. The zero-order chi connectivity index (χ0) is 10.8. The van der Waals surface area contributed by atoms with Gasteiger partial charge in [-0.1, -0.05) is 15.9 Å². The maximum Gasteiger partial charge on any atom is 0.299 e. The van der Waals surface area contributed by atoms with Crippen molar-refractivity contribution in [3.63, 3.8) is 0 Å². The standard InChI is InChI=1S/C10H8BrFN2O/c1-6-5-13-10(14-6)15-9-3-2-7(11)4-8(9)12/h2-5H,1H3,(H,13,14). The summed E-state index contributed by atoms with van der Waals surface area (Å²) in [6.07, 6.45) is 1.62. The van der Waals surface area contributed by atoms with Crippen molar-refractivity contribution in [3.8, 4) is 11.8 Å². The van der Waals surface area contributed by atoms with E-state index in [-0.39, 0.29) is 11.8 Å². The van der Waals surface area contributed by atoms with Gasteiger partial charge in [-0.25, -0.2) is 9.37 Å². The van der Waals surface area contributed by atoms with Crippen molar-refractivity contribution in [3.05, 3.63) is 40.4 Å². The summed E-state index contributed by atoms with van der Waals surface area (Å²) in [5.74, 6) is -0.286. The lowest BCUT2D eigenvalue weighted by molar-refractivity contribution is 0.415. The normalized spacial score (nSPS) is 10.3. The molecular weight excluding hydrogens is 263 g/mol. The van der Waals surface area contributed by atoms with E-state index in [1.807, 2.05) is 6.92 Å². The summed E-state index contributed by atoms with van der Waals surface area (Å²) < 4.78 is 19.2. The SMILES string of the molecule is Cc1cnc(Oc2ccc(Br)cc2F)[nH]1. The van der Waals surface area contributed by atoms with Gasteiger partial charge in [0.2, 0.25) is 0 Å². The van der Waals surface area contributed by atoms with Crippen molar-refractivity contribution in [1.29, 1.82) is 0 Å². The van der Waals surface area contributed by atoms with Crippen LogP contribution >= 0.6 is 15.9 Å². The van der Waals surface area contributed by atoms with Gasteiger partial charge in [0.25, 0.3) is 6.01 Å². The topological polar surface area (TPSA) is 37.9 Å². The number of halogens is 2. The molecule has 0 aliphatic heterocycles. The second-order valence-corrected chi connectivity index (χ2v) is 3.96. The van der Waals surface area contributed by atoms with Crippen LogP contribution in [-0.4, -0.2) is 9.97 Å². The quantitative estimate of drug-likeness (QED) is 0.908. The Labute approximate surface area is 94.4 Å². The number of nitrogens with zero attached hydrogens (tertiary/aromatic N) is 1. The van der Waals surface area contributed by atoms with E-state index in [1.54, 1.807) is 12.3 Å². The maximum atomic E-state index is 13.3. The first-order chi connectivity index (χ1) is 7.15. The number of aromatic nitrogens is 2. The van der Waals surface area contributed by atoms with Crippen molar-refractivity contribution in [2.24, 2.45) is 0 Å². The lowest BCUT2D eigenvalue weighted by atomic mass is 10.3. The Morgan fingerprint density at radius 3 is 2.87 bits per heavy atom. The highest BCUT2D eigenvalue weighted by atomic mass is 79.9. The first kappa shape index (κ1) is 10.2. The van der Waals surface area contributed by atoms with Crippen LogP contribution in [0.15, 0.2) is 28.9 Å². The highest BCUT2D eigenvalue weighted by Crippen LogP contribution is 2.24. The average molecular weight is 271 g/mol. The highest BCUT2D eigenvalue weighted by Gasteiger charge is 2.06. The summed E-state index contributed by atoms with van der Waals surface area (Å²) in [5.41, 5.74) is 0.863. The second kappa shape index (κ2) is 4.02. The summed E-state index contributed by atoms with van der Waals surface area (Å²) in [4.78, 5) is 6.77. The Balaban J connectivity index is 2.24. The molecule has 0 fully saturated rings. The number of rotatable bonds is 2. The van der Waals surface area contributed by atoms with Crippen molar-refractivity contribution >= 4 is 15.9 Å². The van der Waals surface area contributed by atoms with Gasteiger partial charge >= 0.3 is 0 Å². The van der Waals surface area contributed by atoms with Gasteiger partial charge in [-0.2, -0.15) is 0 Å². The van der Waals surface area contributed by atoms with E-state index in [2.05, 4.69) is 25.9 Å². The molecule has 0 unspecified atom stereocenters. The molecule has 1 heterocycles. The van der Waals surface area contributed by atoms with Gasteiger partial charge in [-0.3, -0.25) is 0 Å². The number of H-pyrrole nitrogens is 1. The Morgan fingerprint density at radius 2 is 2.27 bits per heavy atom. The molecule has 0 atom stereocenters. The molecule has 0 spiro atoms. The van der Waals surface area contributed by atoms with Crippen LogP contribution in [0.2, 0.25) is 0 Å². The predicted octanol–water partition coefficient (Wildman–Crippen LogP) is 3.41. The molecule has 0 aliphatic carbocycles. The zero-order valence-electron chi connectivity index (χ0n) is 7.92. The molecule has 78 valence electrons. The Kier molecular flexibility index (Phi) is 2.73. The van der Waals surface area contributed by atoms with E-state index in [0.717, 1.165) is 5.69 Å². The van der Waals surface area contributed by atoms with Crippen molar-refractivity contribution in [1.82, 2.24) is 9.97 Å². The minimum absolute atomic E-state index is 0.146. The molecule has 2 rings (SSSR count). The molecule has 5 heteroatoms. The van der Waals surface area contributed by atoms with Crippen LogP contribution < -0.4 is 4.74 Å². The van der Waals surface area contributed by atoms with E-state index in [0.29, 0.717) is 4.47 Å². The van der Waals surface area contributed by atoms with Crippen molar-refractivity contribution in [2.75, 3.05) is 0 Å². The van der Waals surface area contributed by atoms with Crippen LogP contribution in [0.3, 0.4) is 0 Å². The second-order valence-electron chi connectivity index (χ2n) is 3.05. The smallest absolute Gasteiger partial charge is 0.299 e. The zero-order valence-corrected chi connectivity index (χ0v) is 9.51. The monoisotopic (exact) mass is 270 g/mol. The van der Waals surface area contributed by atoms with Gasteiger partial charge in [-0.05, 0) is 25.1 Å². The molecule has 0 saturated heterocycles. The van der Waals surface area contributed by atoms with Crippen LogP contribution in [-0.2, 0) is 0 Å². The molecule has 0 radical (unpaired) electrons. The van der Waals surface area contributed by atoms with Crippen LogP contribution in [0, 0.1) is 12.7 Å². The number of ether oxygens (including phenoxy) is 1. The van der Waals surface area contributed by atoms with Crippen LogP contribution in [0.4, 0.5) is 4.39 Å². The van der Waals surface area contributed by atoms with E-state index in [9.17, 15) is 4.39 Å². The van der Waals surface area contributed by atoms with Crippen LogP contribution in [0.1, 0.15) is 5.69 Å². The summed E-state index contributed by atoms with van der Waals surface area (Å²) in [7, 11) is 0. The molecule has 0 aliphatic rings. The molecule has 15 heavy (non-hydrogen) atoms. The molecule has 3 nitrogen and oxygen atoms in total. The Morgan fingerprint density at radius 1 is 1.47 bits per heavy atom. The van der Waals surface area contributed by atoms with Gasteiger partial charge in [0.15, 0.2) is 11.6 Å². The number of hydrogen-bond donors (Lipinski definition) is 1. The van der Waals surface area contributed by atoms with Crippen LogP contribution in [0.5, 0.6) is 11.8 Å². The highest BCUT2D eigenvalue weighted by molar-refractivity contribution is 9.10. The van der Waals surface area contributed by atoms with E-state index in [4.69, 9.17) is 4.74 Å². The maximum absolute atomic E-state index is 13.3. The largest absolute Gasteiger partial charge is 0.423 e. The molecule has 0 bridgehead atoms. The molecule has 0 saturated carbocycles. The van der Waals surface area contributed by atoms with Gasteiger partial charge in [0, 0.05) is 10.2 Å². The number of benzene rings is 1. The third-order valence-electron chi connectivity index (χ3n) is 1.78. The lowest BCUT2D eigenvalue weighted by Gasteiger charge is -2.03. The number of aromatic amines is 1. The summed E-state index contributed by atoms with van der Waals surface area (Å²) in [6, 6.07) is 4.87. The lowest BCUT2D eigenvalue weighted by Crippen LogP contribution is -1.89. The van der Waals surface area contributed by atoms with E-state index >= 15 is 0 Å². The Bertz CT molecular complexity index is 484. The first-order valence-electron chi connectivity index (χ1n) is 4.29. The number of nitrogens with one attached hydrogen (secondary N) is 1. The van der Waals surface area contributed by atoms with Crippen molar-refractivity contribution < 1.29 is 9.13 Å². The third kappa shape index (κ3) is 2.36. The molecular formula is C10H8BrFN2O. The number of aryl methyl sites for hydroxylation is 1. The van der Waals surface area contributed by atoms with Gasteiger partial charge in [0.1, 0.15) is 0 Å². The molecule has 1 aromatic carbocycles. The summed E-state index contributed by atoms with van der Waals surface area (Å²) in [5, 5.41) is 0. The van der Waals surface area contributed by atoms with Crippen LogP contribution in [0.25, 0.3) is 0 Å². The molecule has 1 aromatic heterocycles. The first-order valence-corrected chi connectivity index (χ1v) is 5.09. The number of imidazole rings is 1. The van der Waals surface area contributed by atoms with Gasteiger partial charge in [-0.15, -0.1) is 0 Å². The van der Waals surface area contributed by atoms with Gasteiger partial charge in [0.05, 0.1) is 6.20 Å². The molecule has 1 N–H and O–H groups in total. The van der Waals surface area contributed by atoms with Crippen molar-refractivity contribution in [2.45, 2.75) is 6.92 Å². The van der Waals surface area contributed by atoms with E-state index in [1.165, 1.54) is 12.1 Å².